The molecule has 0 aliphatic heterocycles. The number of thioether (sulfide) groups is 1. The zero-order valence-corrected chi connectivity index (χ0v) is 15.7. The van der Waals surface area contributed by atoms with Gasteiger partial charge < -0.3 is 10.6 Å². The van der Waals surface area contributed by atoms with Gasteiger partial charge in [-0.25, -0.2) is 0 Å². The lowest BCUT2D eigenvalue weighted by Crippen LogP contribution is -2.34. The van der Waals surface area contributed by atoms with Gasteiger partial charge in [0.15, 0.2) is 5.16 Å². The molecule has 0 saturated carbocycles. The van der Waals surface area contributed by atoms with Crippen LogP contribution in [0.2, 0.25) is 0 Å². The summed E-state index contributed by atoms with van der Waals surface area (Å²) in [4.78, 5) is 22.7. The van der Waals surface area contributed by atoms with Crippen LogP contribution in [-0.4, -0.2) is 45.4 Å². The van der Waals surface area contributed by atoms with Gasteiger partial charge in [0, 0.05) is 20.0 Å². The zero-order chi connectivity index (χ0) is 18.4. The first-order valence-electron chi connectivity index (χ1n) is 8.02. The topological polar surface area (TPSA) is 88.9 Å². The quantitative estimate of drug-likeness (QED) is 0.577. The van der Waals surface area contributed by atoms with Crippen LogP contribution in [0.5, 0.6) is 0 Å². The average molecular weight is 361 g/mol. The Morgan fingerprint density at radius 3 is 2.56 bits per heavy atom. The highest BCUT2D eigenvalue weighted by Gasteiger charge is 2.15. The Balaban J connectivity index is 2.01. The normalized spacial score (nSPS) is 10.6. The molecule has 0 atom stereocenters. The number of aryl methyl sites for hydroxylation is 3. The third-order valence-electron chi connectivity index (χ3n) is 3.55. The number of amides is 2. The number of nitrogens with one attached hydrogen (secondary N) is 2. The second kappa shape index (κ2) is 8.66. The van der Waals surface area contributed by atoms with Gasteiger partial charge in [-0.1, -0.05) is 23.9 Å². The number of hydrogen-bond acceptors (Lipinski definition) is 5. The first kappa shape index (κ1) is 19.0. The van der Waals surface area contributed by atoms with Gasteiger partial charge in [0.2, 0.25) is 11.8 Å². The van der Waals surface area contributed by atoms with Crippen LogP contribution < -0.4 is 10.6 Å². The fourth-order valence-corrected chi connectivity index (χ4v) is 3.12. The van der Waals surface area contributed by atoms with E-state index in [4.69, 9.17) is 0 Å². The monoisotopic (exact) mass is 361 g/mol. The number of nitrogens with zero attached hydrogens (tertiary/aromatic N) is 3. The first-order chi connectivity index (χ1) is 11.9. The van der Waals surface area contributed by atoms with Gasteiger partial charge in [-0.05, 0) is 38.0 Å². The molecule has 25 heavy (non-hydrogen) atoms. The minimum Gasteiger partial charge on any atom is -0.355 e. The highest BCUT2D eigenvalue weighted by atomic mass is 32.2. The van der Waals surface area contributed by atoms with Crippen molar-refractivity contribution in [3.8, 4) is 5.69 Å². The van der Waals surface area contributed by atoms with Crippen LogP contribution >= 0.6 is 11.8 Å². The van der Waals surface area contributed by atoms with Gasteiger partial charge in [-0.3, -0.25) is 14.2 Å². The number of carbonyl (C=O) groups is 2. The van der Waals surface area contributed by atoms with E-state index in [1.807, 2.05) is 25.3 Å². The summed E-state index contributed by atoms with van der Waals surface area (Å²) in [5, 5.41) is 14.4. The Kier molecular flexibility index (Phi) is 6.58. The maximum Gasteiger partial charge on any atom is 0.230 e. The van der Waals surface area contributed by atoms with Crippen LogP contribution in [0.3, 0.4) is 0 Å². The second-order valence-corrected chi connectivity index (χ2v) is 6.72. The molecule has 0 aliphatic rings. The van der Waals surface area contributed by atoms with E-state index in [9.17, 15) is 9.59 Å². The van der Waals surface area contributed by atoms with Gasteiger partial charge >= 0.3 is 0 Å². The summed E-state index contributed by atoms with van der Waals surface area (Å²) in [6.45, 7) is 8.24. The van der Waals surface area contributed by atoms with Gasteiger partial charge in [0.1, 0.15) is 5.82 Å². The number of carbonyl (C=O) groups excluding carboxylic acids is 2. The lowest BCUT2D eigenvalue weighted by Gasteiger charge is -2.12. The van der Waals surface area contributed by atoms with Crippen molar-refractivity contribution in [2.24, 2.45) is 0 Å². The SMILES string of the molecule is CC(=O)NCCNC(=O)CSc1nnc(C)n1-c1cc(C)ccc1C. The molecule has 0 spiro atoms. The van der Waals surface area contributed by atoms with Crippen molar-refractivity contribution in [3.05, 3.63) is 35.2 Å². The molecule has 1 aromatic carbocycles. The largest absolute Gasteiger partial charge is 0.355 e. The maximum absolute atomic E-state index is 11.9. The van der Waals surface area contributed by atoms with Crippen LogP contribution in [0.1, 0.15) is 23.9 Å². The summed E-state index contributed by atoms with van der Waals surface area (Å²) in [7, 11) is 0. The van der Waals surface area contributed by atoms with Crippen LogP contribution in [0.4, 0.5) is 0 Å². The minimum atomic E-state index is -0.110. The Hall–Kier alpha value is -2.35. The number of rotatable bonds is 7. The minimum absolute atomic E-state index is 0.108. The molecule has 0 saturated heterocycles. The summed E-state index contributed by atoms with van der Waals surface area (Å²) in [6.07, 6.45) is 0. The molecular weight excluding hydrogens is 338 g/mol. The van der Waals surface area contributed by atoms with Crippen LogP contribution in [0.25, 0.3) is 5.69 Å². The smallest absolute Gasteiger partial charge is 0.230 e. The summed E-state index contributed by atoms with van der Waals surface area (Å²) >= 11 is 1.34. The van der Waals surface area contributed by atoms with E-state index in [1.54, 1.807) is 0 Å². The van der Waals surface area contributed by atoms with E-state index in [-0.39, 0.29) is 17.6 Å². The van der Waals surface area contributed by atoms with Crippen molar-refractivity contribution in [2.75, 3.05) is 18.8 Å². The molecule has 7 nitrogen and oxygen atoms in total. The lowest BCUT2D eigenvalue weighted by molar-refractivity contribution is -0.120. The van der Waals surface area contributed by atoms with Crippen molar-refractivity contribution in [2.45, 2.75) is 32.9 Å². The van der Waals surface area contributed by atoms with Crippen molar-refractivity contribution >= 4 is 23.6 Å². The number of hydrogen-bond donors (Lipinski definition) is 2. The Bertz CT molecular complexity index is 772. The summed E-state index contributed by atoms with van der Waals surface area (Å²) in [5.41, 5.74) is 3.30. The van der Waals surface area contributed by atoms with Crippen LogP contribution in [0.15, 0.2) is 23.4 Å². The second-order valence-electron chi connectivity index (χ2n) is 5.78. The standard InChI is InChI=1S/C17H23N5O2S/c1-11-5-6-12(2)15(9-11)22-13(3)20-21-17(22)25-10-16(24)19-8-7-18-14(4)23/h5-6,9H,7-8,10H2,1-4H3,(H,18,23)(H,19,24). The predicted octanol–water partition coefficient (Wildman–Crippen LogP) is 1.54. The molecule has 134 valence electrons. The van der Waals surface area contributed by atoms with E-state index >= 15 is 0 Å². The summed E-state index contributed by atoms with van der Waals surface area (Å²) < 4.78 is 1.97. The van der Waals surface area contributed by atoms with Gasteiger partial charge in [-0.2, -0.15) is 0 Å². The van der Waals surface area contributed by atoms with E-state index in [0.717, 1.165) is 22.6 Å². The molecule has 0 radical (unpaired) electrons. The fourth-order valence-electron chi connectivity index (χ4n) is 2.30. The van der Waals surface area contributed by atoms with Crippen molar-refractivity contribution in [3.63, 3.8) is 0 Å². The van der Waals surface area contributed by atoms with Crippen LogP contribution in [-0.2, 0) is 9.59 Å². The van der Waals surface area contributed by atoms with Crippen molar-refractivity contribution < 1.29 is 9.59 Å². The third-order valence-corrected chi connectivity index (χ3v) is 4.48. The van der Waals surface area contributed by atoms with E-state index < -0.39 is 0 Å². The zero-order valence-electron chi connectivity index (χ0n) is 14.9. The van der Waals surface area contributed by atoms with E-state index in [1.165, 1.54) is 18.7 Å². The summed E-state index contributed by atoms with van der Waals surface area (Å²) in [5.74, 6) is 0.801. The Labute approximate surface area is 151 Å². The highest BCUT2D eigenvalue weighted by molar-refractivity contribution is 7.99. The molecule has 2 rings (SSSR count). The molecule has 0 aliphatic carbocycles. The van der Waals surface area contributed by atoms with Crippen molar-refractivity contribution in [1.29, 1.82) is 0 Å². The molecule has 2 N–H and O–H groups in total. The predicted molar refractivity (Wildman–Crippen MR) is 98.0 cm³/mol. The molecule has 0 bridgehead atoms. The molecule has 8 heteroatoms. The van der Waals surface area contributed by atoms with Gasteiger partial charge in [0.25, 0.3) is 0 Å². The van der Waals surface area contributed by atoms with Gasteiger partial charge in [0.05, 0.1) is 11.4 Å². The van der Waals surface area contributed by atoms with Crippen LogP contribution in [0, 0.1) is 20.8 Å². The Morgan fingerprint density at radius 2 is 1.84 bits per heavy atom. The lowest BCUT2D eigenvalue weighted by atomic mass is 10.1. The number of benzene rings is 1. The highest BCUT2D eigenvalue weighted by Crippen LogP contribution is 2.24. The van der Waals surface area contributed by atoms with Gasteiger partial charge in [-0.15, -0.1) is 10.2 Å². The third kappa shape index (κ3) is 5.32. The Morgan fingerprint density at radius 1 is 1.12 bits per heavy atom. The van der Waals surface area contributed by atoms with Crippen molar-refractivity contribution in [1.82, 2.24) is 25.4 Å². The fraction of sp³-hybridized carbons (Fsp3) is 0.412. The van der Waals surface area contributed by atoms with E-state index in [2.05, 4.69) is 39.0 Å². The molecule has 1 aromatic heterocycles. The molecule has 2 amide bonds. The molecule has 2 aromatic rings. The number of aromatic nitrogens is 3. The molecule has 0 unspecified atom stereocenters. The maximum atomic E-state index is 11.9. The summed E-state index contributed by atoms with van der Waals surface area (Å²) in [6, 6.07) is 6.21. The molecular formula is C17H23N5O2S. The average Bonchev–Trinajstić information content (AvgIpc) is 2.92. The molecule has 0 fully saturated rings. The molecule has 1 heterocycles. The van der Waals surface area contributed by atoms with E-state index in [0.29, 0.717) is 18.2 Å². The first-order valence-corrected chi connectivity index (χ1v) is 9.00.